The second kappa shape index (κ2) is 8.82. The summed E-state index contributed by atoms with van der Waals surface area (Å²) in [7, 11) is 0. The molecule has 2 heterocycles. The Morgan fingerprint density at radius 1 is 1.15 bits per heavy atom. The number of fused-ring (bicyclic) bond motifs is 1. The molecular weight excluding hydrogens is 350 g/mol. The lowest BCUT2D eigenvalue weighted by Gasteiger charge is -2.30. The smallest absolute Gasteiger partial charge is 0.309 e. The number of nitrogens with one attached hydrogen (secondary N) is 2. The highest BCUT2D eigenvalue weighted by atomic mass is 32.1. The van der Waals surface area contributed by atoms with Gasteiger partial charge >= 0.3 is 11.8 Å². The first-order chi connectivity index (χ1) is 12.7. The van der Waals surface area contributed by atoms with Crippen LogP contribution in [0.3, 0.4) is 0 Å². The third-order valence-electron chi connectivity index (χ3n) is 4.45. The number of carbonyl (C=O) groups excluding carboxylic acids is 2. The Morgan fingerprint density at radius 2 is 1.96 bits per heavy atom. The minimum Gasteiger partial charge on any atom is -0.396 e. The van der Waals surface area contributed by atoms with Crippen LogP contribution in [0.4, 0.5) is 5.69 Å². The third-order valence-corrected chi connectivity index (χ3v) is 5.43. The first-order valence-corrected chi connectivity index (χ1v) is 9.63. The molecule has 1 atom stereocenters. The Kier molecular flexibility index (Phi) is 6.25. The van der Waals surface area contributed by atoms with Crippen molar-refractivity contribution in [2.45, 2.75) is 18.9 Å². The van der Waals surface area contributed by atoms with Crippen LogP contribution in [-0.4, -0.2) is 43.2 Å². The van der Waals surface area contributed by atoms with Crippen LogP contribution >= 0.6 is 11.3 Å². The van der Waals surface area contributed by atoms with Crippen molar-refractivity contribution >= 4 is 28.8 Å². The van der Waals surface area contributed by atoms with Crippen LogP contribution in [0.15, 0.2) is 41.8 Å². The number of rotatable bonds is 7. The molecule has 1 aliphatic rings. The normalized spacial score (nSPS) is 14.0. The van der Waals surface area contributed by atoms with Gasteiger partial charge in [0, 0.05) is 36.8 Å². The summed E-state index contributed by atoms with van der Waals surface area (Å²) in [5, 5.41) is 16.0. The van der Waals surface area contributed by atoms with Gasteiger partial charge in [-0.25, -0.2) is 0 Å². The summed E-state index contributed by atoms with van der Waals surface area (Å²) in [6.07, 6.45) is 1.41. The molecule has 0 radical (unpaired) electrons. The SMILES string of the molecule is O=C(NCCCO)C(=O)NC[C@H](c1cccs1)N1CCc2ccccc21. The van der Waals surface area contributed by atoms with Gasteiger partial charge in [-0.1, -0.05) is 24.3 Å². The number of aliphatic hydroxyl groups excluding tert-OH is 1. The van der Waals surface area contributed by atoms with Gasteiger partial charge in [-0.3, -0.25) is 9.59 Å². The zero-order chi connectivity index (χ0) is 18.4. The quantitative estimate of drug-likeness (QED) is 0.507. The molecule has 6 nitrogen and oxygen atoms in total. The summed E-state index contributed by atoms with van der Waals surface area (Å²) < 4.78 is 0. The lowest BCUT2D eigenvalue weighted by Crippen LogP contribution is -2.44. The highest BCUT2D eigenvalue weighted by molar-refractivity contribution is 7.10. The molecule has 0 bridgehead atoms. The maximum absolute atomic E-state index is 12.1. The molecule has 0 saturated heterocycles. The number of amides is 2. The standard InChI is InChI=1S/C19H23N3O3S/c23-11-4-9-20-18(24)19(25)21-13-16(17-7-3-12-26-17)22-10-8-14-5-1-2-6-15(14)22/h1-3,5-7,12,16,23H,4,8-11,13H2,(H,20,24)(H,21,25)/t16-/m1/s1. The second-order valence-corrected chi connectivity index (χ2v) is 7.13. The molecule has 2 aromatic rings. The van der Waals surface area contributed by atoms with E-state index in [1.54, 1.807) is 11.3 Å². The predicted octanol–water partition coefficient (Wildman–Crippen LogP) is 1.47. The molecule has 0 spiro atoms. The summed E-state index contributed by atoms with van der Waals surface area (Å²) in [5.74, 6) is -1.30. The van der Waals surface area contributed by atoms with Crippen LogP contribution in [0.5, 0.6) is 0 Å². The summed E-state index contributed by atoms with van der Waals surface area (Å²) in [6, 6.07) is 12.4. The Morgan fingerprint density at radius 3 is 2.73 bits per heavy atom. The average molecular weight is 373 g/mol. The number of carbonyl (C=O) groups is 2. The van der Waals surface area contributed by atoms with Crippen LogP contribution in [0.25, 0.3) is 0 Å². The Hall–Kier alpha value is -2.38. The molecule has 1 aliphatic heterocycles. The summed E-state index contributed by atoms with van der Waals surface area (Å²) in [4.78, 5) is 27.3. The van der Waals surface area contributed by atoms with E-state index in [0.717, 1.165) is 17.8 Å². The maximum Gasteiger partial charge on any atom is 0.309 e. The van der Waals surface area contributed by atoms with Gasteiger partial charge in [0.1, 0.15) is 0 Å². The van der Waals surface area contributed by atoms with Crippen LogP contribution < -0.4 is 15.5 Å². The van der Waals surface area contributed by atoms with Gasteiger partial charge in [0.05, 0.1) is 6.04 Å². The lowest BCUT2D eigenvalue weighted by molar-refractivity contribution is -0.139. The highest BCUT2D eigenvalue weighted by Crippen LogP contribution is 2.36. The fourth-order valence-electron chi connectivity index (χ4n) is 3.16. The van der Waals surface area contributed by atoms with Crippen molar-refractivity contribution in [1.29, 1.82) is 0 Å². The fourth-order valence-corrected chi connectivity index (χ4v) is 4.00. The molecule has 3 N–H and O–H groups in total. The molecule has 3 rings (SSSR count). The number of thiophene rings is 1. The summed E-state index contributed by atoms with van der Waals surface area (Å²) >= 11 is 1.65. The van der Waals surface area contributed by atoms with Gasteiger partial charge in [-0.05, 0) is 35.9 Å². The largest absolute Gasteiger partial charge is 0.396 e. The first kappa shape index (κ1) is 18.4. The number of benzene rings is 1. The van der Waals surface area contributed by atoms with Crippen molar-refractivity contribution in [1.82, 2.24) is 10.6 Å². The van der Waals surface area contributed by atoms with E-state index >= 15 is 0 Å². The Balaban J connectivity index is 1.67. The van der Waals surface area contributed by atoms with Crippen LogP contribution in [-0.2, 0) is 16.0 Å². The number of nitrogens with zero attached hydrogens (tertiary/aromatic N) is 1. The van der Waals surface area contributed by atoms with Gasteiger partial charge < -0.3 is 20.6 Å². The molecule has 0 saturated carbocycles. The van der Waals surface area contributed by atoms with E-state index in [9.17, 15) is 9.59 Å². The van der Waals surface area contributed by atoms with Crippen LogP contribution in [0, 0.1) is 0 Å². The van der Waals surface area contributed by atoms with E-state index in [0.29, 0.717) is 13.0 Å². The number of para-hydroxylation sites is 1. The van der Waals surface area contributed by atoms with Crippen LogP contribution in [0.2, 0.25) is 0 Å². The summed E-state index contributed by atoms with van der Waals surface area (Å²) in [6.45, 7) is 1.52. The lowest BCUT2D eigenvalue weighted by atomic mass is 10.1. The predicted molar refractivity (Wildman–Crippen MR) is 102 cm³/mol. The highest BCUT2D eigenvalue weighted by Gasteiger charge is 2.28. The number of anilines is 1. The van der Waals surface area contributed by atoms with Crippen molar-refractivity contribution in [2.24, 2.45) is 0 Å². The fraction of sp³-hybridized carbons (Fsp3) is 0.368. The topological polar surface area (TPSA) is 81.7 Å². The van der Waals surface area contributed by atoms with E-state index in [4.69, 9.17) is 5.11 Å². The Labute approximate surface area is 156 Å². The molecule has 138 valence electrons. The van der Waals surface area contributed by atoms with Gasteiger partial charge in [0.15, 0.2) is 0 Å². The number of aliphatic hydroxyl groups is 1. The Bertz CT molecular complexity index is 748. The van der Waals surface area contributed by atoms with E-state index < -0.39 is 11.8 Å². The van der Waals surface area contributed by atoms with Crippen LogP contribution in [0.1, 0.15) is 22.9 Å². The zero-order valence-corrected chi connectivity index (χ0v) is 15.3. The molecule has 0 fully saturated rings. The molecule has 2 amide bonds. The third kappa shape index (κ3) is 4.23. The van der Waals surface area contributed by atoms with Crippen molar-refractivity contribution < 1.29 is 14.7 Å². The van der Waals surface area contributed by atoms with E-state index in [-0.39, 0.29) is 19.2 Å². The average Bonchev–Trinajstić information content (AvgIpc) is 3.32. The van der Waals surface area contributed by atoms with Gasteiger partial charge in [-0.15, -0.1) is 11.3 Å². The van der Waals surface area contributed by atoms with Crippen molar-refractivity contribution in [3.8, 4) is 0 Å². The molecule has 0 unspecified atom stereocenters. The van der Waals surface area contributed by atoms with Crippen molar-refractivity contribution in [3.05, 3.63) is 52.2 Å². The maximum atomic E-state index is 12.1. The zero-order valence-electron chi connectivity index (χ0n) is 14.5. The van der Waals surface area contributed by atoms with Gasteiger partial charge in [0.25, 0.3) is 0 Å². The van der Waals surface area contributed by atoms with E-state index in [1.807, 2.05) is 23.6 Å². The number of hydrogen-bond donors (Lipinski definition) is 3. The van der Waals surface area contributed by atoms with E-state index in [1.165, 1.54) is 11.3 Å². The molecular formula is C19H23N3O3S. The first-order valence-electron chi connectivity index (χ1n) is 8.75. The molecule has 26 heavy (non-hydrogen) atoms. The van der Waals surface area contributed by atoms with Gasteiger partial charge in [-0.2, -0.15) is 0 Å². The monoisotopic (exact) mass is 373 g/mol. The van der Waals surface area contributed by atoms with E-state index in [2.05, 4.69) is 33.7 Å². The second-order valence-electron chi connectivity index (χ2n) is 6.15. The van der Waals surface area contributed by atoms with Crippen molar-refractivity contribution in [2.75, 3.05) is 31.1 Å². The number of hydrogen-bond acceptors (Lipinski definition) is 5. The minimum atomic E-state index is -0.662. The van der Waals surface area contributed by atoms with Gasteiger partial charge in [0.2, 0.25) is 0 Å². The summed E-state index contributed by atoms with van der Waals surface area (Å²) in [5.41, 5.74) is 2.50. The molecule has 0 aliphatic carbocycles. The molecule has 1 aromatic heterocycles. The van der Waals surface area contributed by atoms with Crippen molar-refractivity contribution in [3.63, 3.8) is 0 Å². The molecule has 7 heteroatoms. The minimum absolute atomic E-state index is 0.00663. The molecule has 1 aromatic carbocycles.